The number of halogens is 5. The van der Waals surface area contributed by atoms with Crippen molar-refractivity contribution in [3.63, 3.8) is 0 Å². The lowest BCUT2D eigenvalue weighted by atomic mass is 10.3. The third-order valence-electron chi connectivity index (χ3n) is 1.21. The maximum atomic E-state index is 12.9. The Bertz CT molecular complexity index is 316. The molecule has 0 aliphatic carbocycles. The summed E-state index contributed by atoms with van der Waals surface area (Å²) in [7, 11) is 0. The summed E-state index contributed by atoms with van der Waals surface area (Å²) < 4.78 is 52.6. The van der Waals surface area contributed by atoms with Gasteiger partial charge in [0.2, 0.25) is 0 Å². The highest BCUT2D eigenvalue weighted by molar-refractivity contribution is 14.1. The Morgan fingerprint density at radius 2 is 1.85 bits per heavy atom. The van der Waals surface area contributed by atoms with Gasteiger partial charge in [-0.3, -0.25) is 0 Å². The van der Waals surface area contributed by atoms with Gasteiger partial charge in [-0.15, -0.1) is 0 Å². The van der Waals surface area contributed by atoms with Gasteiger partial charge in [-0.25, -0.2) is 8.78 Å². The lowest BCUT2D eigenvalue weighted by Gasteiger charge is -2.07. The molecule has 0 saturated heterocycles. The molecule has 1 aromatic carbocycles. The van der Waals surface area contributed by atoms with Crippen LogP contribution >= 0.6 is 22.6 Å². The Balaban J connectivity index is 3.10. The molecule has 0 radical (unpaired) electrons. The van der Waals surface area contributed by atoms with Crippen molar-refractivity contribution < 1.29 is 22.3 Å². The number of hydrogen-bond acceptors (Lipinski definition) is 1. The Hall–Kier alpha value is -0.530. The molecule has 72 valence electrons. The average molecular weight is 306 g/mol. The number of benzene rings is 1. The lowest BCUT2D eigenvalue weighted by molar-refractivity contribution is -0.0547. The first-order valence-electron chi connectivity index (χ1n) is 3.10. The normalized spacial score (nSPS) is 10.6. The van der Waals surface area contributed by atoms with Crippen LogP contribution in [0.1, 0.15) is 0 Å². The highest BCUT2D eigenvalue weighted by Gasteiger charge is 2.17. The summed E-state index contributed by atoms with van der Waals surface area (Å²) in [5, 5.41) is 0. The molecule has 13 heavy (non-hydrogen) atoms. The number of hydrogen-bond donors (Lipinski definition) is 0. The van der Waals surface area contributed by atoms with Crippen molar-refractivity contribution in [2.24, 2.45) is 0 Å². The van der Waals surface area contributed by atoms with Crippen LogP contribution in [0, 0.1) is 15.2 Å². The summed E-state index contributed by atoms with van der Waals surface area (Å²) in [5.74, 6) is -3.29. The molecule has 0 bridgehead atoms. The molecule has 1 rings (SSSR count). The van der Waals surface area contributed by atoms with Crippen LogP contribution in [0.5, 0.6) is 5.75 Å². The zero-order valence-electron chi connectivity index (χ0n) is 6.03. The Morgan fingerprint density at radius 3 is 2.38 bits per heavy atom. The lowest BCUT2D eigenvalue weighted by Crippen LogP contribution is -2.06. The molecular formula is C7H3F4IO. The molecule has 0 N–H and O–H groups in total. The van der Waals surface area contributed by atoms with E-state index in [9.17, 15) is 17.6 Å². The van der Waals surface area contributed by atoms with Crippen molar-refractivity contribution in [3.05, 3.63) is 27.3 Å². The number of ether oxygens (including phenoxy) is 1. The van der Waals surface area contributed by atoms with Gasteiger partial charge < -0.3 is 4.74 Å². The van der Waals surface area contributed by atoms with Crippen LogP contribution in [0.25, 0.3) is 0 Å². The summed E-state index contributed by atoms with van der Waals surface area (Å²) in [6, 6.07) is 1.99. The minimum atomic E-state index is -3.23. The van der Waals surface area contributed by atoms with Crippen molar-refractivity contribution in [2.75, 3.05) is 0 Å². The van der Waals surface area contributed by atoms with E-state index in [1.807, 2.05) is 0 Å². The third kappa shape index (κ3) is 2.45. The SMILES string of the molecule is Fc1ccc(I)c(F)c1OC(F)F. The molecule has 0 aliphatic rings. The van der Waals surface area contributed by atoms with Gasteiger partial charge in [0.25, 0.3) is 0 Å². The molecule has 0 saturated carbocycles. The first kappa shape index (κ1) is 10.6. The van der Waals surface area contributed by atoms with Crippen LogP contribution in [0.4, 0.5) is 17.6 Å². The Labute approximate surface area is 84.8 Å². The van der Waals surface area contributed by atoms with Gasteiger partial charge in [-0.1, -0.05) is 0 Å². The second-order valence-electron chi connectivity index (χ2n) is 2.05. The van der Waals surface area contributed by atoms with Gasteiger partial charge in [0.05, 0.1) is 3.57 Å². The van der Waals surface area contributed by atoms with E-state index in [0.717, 1.165) is 12.1 Å². The molecule has 0 spiro atoms. The van der Waals surface area contributed by atoms with Crippen LogP contribution in [-0.2, 0) is 0 Å². The van der Waals surface area contributed by atoms with Crippen molar-refractivity contribution in [1.82, 2.24) is 0 Å². The van der Waals surface area contributed by atoms with E-state index in [1.165, 1.54) is 0 Å². The second-order valence-corrected chi connectivity index (χ2v) is 3.21. The molecule has 0 fully saturated rings. The van der Waals surface area contributed by atoms with E-state index in [4.69, 9.17) is 0 Å². The van der Waals surface area contributed by atoms with Crippen LogP contribution < -0.4 is 4.74 Å². The van der Waals surface area contributed by atoms with Gasteiger partial charge in [-0.2, -0.15) is 8.78 Å². The second kappa shape index (κ2) is 4.12. The maximum absolute atomic E-state index is 12.9. The number of rotatable bonds is 2. The van der Waals surface area contributed by atoms with Gasteiger partial charge in [0, 0.05) is 0 Å². The van der Waals surface area contributed by atoms with Gasteiger partial charge in [0.15, 0.2) is 17.4 Å². The fraction of sp³-hybridized carbons (Fsp3) is 0.143. The molecular weight excluding hydrogens is 303 g/mol. The summed E-state index contributed by atoms with van der Waals surface area (Å²) in [5.41, 5.74) is 0. The van der Waals surface area contributed by atoms with Crippen LogP contribution in [-0.4, -0.2) is 6.61 Å². The standard InChI is InChI=1S/C7H3F4IO/c8-3-1-2-4(12)5(9)6(3)13-7(10)11/h1-2,7H. The first-order valence-corrected chi connectivity index (χ1v) is 4.18. The summed E-state index contributed by atoms with van der Waals surface area (Å²) in [6.45, 7) is -3.23. The fourth-order valence-electron chi connectivity index (χ4n) is 0.706. The topological polar surface area (TPSA) is 9.23 Å². The van der Waals surface area contributed by atoms with Crippen LogP contribution in [0.15, 0.2) is 12.1 Å². The van der Waals surface area contributed by atoms with E-state index in [0.29, 0.717) is 0 Å². The third-order valence-corrected chi connectivity index (χ3v) is 2.04. The van der Waals surface area contributed by atoms with E-state index >= 15 is 0 Å². The van der Waals surface area contributed by atoms with Gasteiger partial charge in [0.1, 0.15) is 0 Å². The molecule has 0 amide bonds. The molecule has 0 heterocycles. The highest BCUT2D eigenvalue weighted by Crippen LogP contribution is 2.26. The van der Waals surface area contributed by atoms with Gasteiger partial charge >= 0.3 is 6.61 Å². The molecule has 0 aromatic heterocycles. The zero-order valence-corrected chi connectivity index (χ0v) is 8.19. The number of alkyl halides is 2. The van der Waals surface area contributed by atoms with E-state index in [1.54, 1.807) is 22.6 Å². The van der Waals surface area contributed by atoms with Crippen molar-refractivity contribution >= 4 is 22.6 Å². The van der Waals surface area contributed by atoms with Crippen LogP contribution in [0.2, 0.25) is 0 Å². The molecule has 6 heteroatoms. The zero-order chi connectivity index (χ0) is 10.0. The van der Waals surface area contributed by atoms with E-state index in [2.05, 4.69) is 4.74 Å². The predicted octanol–water partition coefficient (Wildman–Crippen LogP) is 3.17. The smallest absolute Gasteiger partial charge is 0.387 e. The largest absolute Gasteiger partial charge is 0.428 e. The molecule has 0 unspecified atom stereocenters. The van der Waals surface area contributed by atoms with Crippen molar-refractivity contribution in [1.29, 1.82) is 0 Å². The van der Waals surface area contributed by atoms with Crippen molar-refractivity contribution in [2.45, 2.75) is 6.61 Å². The van der Waals surface area contributed by atoms with Gasteiger partial charge in [-0.05, 0) is 34.7 Å². The fourth-order valence-corrected chi connectivity index (χ4v) is 1.13. The van der Waals surface area contributed by atoms with E-state index in [-0.39, 0.29) is 3.57 Å². The van der Waals surface area contributed by atoms with Crippen molar-refractivity contribution in [3.8, 4) is 5.75 Å². The summed E-state index contributed by atoms with van der Waals surface area (Å²) in [4.78, 5) is 0. The quantitative estimate of drug-likeness (QED) is 0.463. The molecule has 1 aromatic rings. The molecule has 0 atom stereocenters. The van der Waals surface area contributed by atoms with E-state index < -0.39 is 24.0 Å². The summed E-state index contributed by atoms with van der Waals surface area (Å²) >= 11 is 1.55. The Morgan fingerprint density at radius 1 is 1.23 bits per heavy atom. The minimum absolute atomic E-state index is 0.0228. The monoisotopic (exact) mass is 306 g/mol. The average Bonchev–Trinajstić information content (AvgIpc) is 2.05. The maximum Gasteiger partial charge on any atom is 0.387 e. The highest BCUT2D eigenvalue weighted by atomic mass is 127. The first-order chi connectivity index (χ1) is 6.02. The minimum Gasteiger partial charge on any atom is -0.428 e. The molecule has 0 aliphatic heterocycles. The Kier molecular flexibility index (Phi) is 3.34. The predicted molar refractivity (Wildman–Crippen MR) is 45.7 cm³/mol. The van der Waals surface area contributed by atoms with Crippen LogP contribution in [0.3, 0.4) is 0 Å². The molecule has 1 nitrogen and oxygen atoms in total. The summed E-state index contributed by atoms with van der Waals surface area (Å²) in [6.07, 6.45) is 0.